The van der Waals surface area contributed by atoms with Gasteiger partial charge in [0.2, 0.25) is 17.2 Å². The molecule has 0 aliphatic rings. The molecule has 58 heavy (non-hydrogen) atoms. The average molecular weight is 949 g/mol. The van der Waals surface area contributed by atoms with Crippen LogP contribution in [0.3, 0.4) is 0 Å². The molecule has 0 aliphatic carbocycles. The van der Waals surface area contributed by atoms with Gasteiger partial charge in [0.1, 0.15) is 7.82 Å². The average Bonchev–Trinajstić information content (AvgIpc) is 3.13. The van der Waals surface area contributed by atoms with Gasteiger partial charge in [0.15, 0.2) is 0 Å². The molecule has 2 N–H and O–H groups in total. The van der Waals surface area contributed by atoms with E-state index in [4.69, 9.17) is 24.4 Å². The van der Waals surface area contributed by atoms with E-state index in [1.54, 1.807) is 0 Å². The van der Waals surface area contributed by atoms with Gasteiger partial charge in [0.05, 0.1) is 13.2 Å². The zero-order chi connectivity index (χ0) is 43.3. The van der Waals surface area contributed by atoms with Crippen molar-refractivity contribution in [2.24, 2.45) is 0 Å². The van der Waals surface area contributed by atoms with Gasteiger partial charge in [-0.05, 0) is 19.4 Å². The standard InChI is InChI=1S/2C18H40O6P2.C2H3O3.Ti/c2*1-2-3-4-5-6-7-8-9-10-11-12-13-14-15-16-17-18-23-25(19)24-26(20,21)22;3-1-2(4)5;/h2*25H,2-18H2,1H3,(H2,20,21,22);1H2,(H,4,5);/q;;-1;+4/p-3. The van der Waals surface area contributed by atoms with Crippen LogP contribution < -0.4 is 29.6 Å². The van der Waals surface area contributed by atoms with Crippen LogP contribution in [-0.2, 0) is 53.3 Å². The molecule has 346 valence electrons. The Morgan fingerprint density at radius 1 is 0.483 bits per heavy atom. The Kier molecular flexibility index (Phi) is 57.4. The molecular weight excluding hydrogens is 868 g/mol. The SMILES string of the molecule is CCCCCCCCCCCCCCCCCCO[PH+]([O-])OP(=O)([O-])O.CCCCCCCCCCCCCCCCCCO[PH+]([O-])OP(=O)([O-])[O-].O=C(O)C[O-].[Ti+4]. The molecule has 0 fully saturated rings. The third-order valence-electron chi connectivity index (χ3n) is 8.94. The van der Waals surface area contributed by atoms with Crippen LogP contribution in [0.15, 0.2) is 0 Å². The first-order valence-electron chi connectivity index (χ1n) is 21.8. The van der Waals surface area contributed by atoms with Crippen LogP contribution >= 0.6 is 32.9 Å². The Morgan fingerprint density at radius 3 is 0.879 bits per heavy atom. The van der Waals surface area contributed by atoms with E-state index >= 15 is 0 Å². The fraction of sp³-hybridized carbons (Fsp3) is 0.974. The first-order chi connectivity index (χ1) is 27.2. The molecule has 0 aromatic heterocycles. The minimum absolute atomic E-state index is 0. The Hall–Kier alpha value is 1.06. The van der Waals surface area contributed by atoms with Crippen molar-refractivity contribution in [3.05, 3.63) is 0 Å². The quantitative estimate of drug-likeness (QED) is 0.0335. The molecule has 0 aliphatic heterocycles. The number of carboxylic acid groups (broad SMARTS) is 1. The minimum Gasteiger partial charge on any atom is -0.846 e. The van der Waals surface area contributed by atoms with Crippen LogP contribution in [0.5, 0.6) is 0 Å². The van der Waals surface area contributed by atoms with Crippen molar-refractivity contribution in [2.45, 2.75) is 219 Å². The van der Waals surface area contributed by atoms with Crippen molar-refractivity contribution in [3.63, 3.8) is 0 Å². The number of hydrogen-bond donors (Lipinski definition) is 2. The first kappa shape index (κ1) is 65.7. The molecule has 0 aromatic rings. The van der Waals surface area contributed by atoms with Gasteiger partial charge in [-0.1, -0.05) is 206 Å². The van der Waals surface area contributed by atoms with Crippen LogP contribution in [0.2, 0.25) is 0 Å². The molecule has 0 rings (SSSR count). The van der Waals surface area contributed by atoms with Crippen LogP contribution in [0.1, 0.15) is 219 Å². The molecule has 0 heterocycles. The smallest absolute Gasteiger partial charge is 0.846 e. The van der Waals surface area contributed by atoms with Crippen molar-refractivity contribution >= 4 is 38.8 Å². The van der Waals surface area contributed by atoms with Gasteiger partial charge in [0.25, 0.3) is 5.97 Å². The number of unbranched alkanes of at least 4 members (excludes halogenated alkanes) is 30. The maximum absolute atomic E-state index is 11.0. The molecule has 0 bridgehead atoms. The van der Waals surface area contributed by atoms with E-state index in [2.05, 4.69) is 27.0 Å². The van der Waals surface area contributed by atoms with E-state index < -0.39 is 45.4 Å². The van der Waals surface area contributed by atoms with E-state index in [9.17, 15) is 33.6 Å². The van der Waals surface area contributed by atoms with Crippen molar-refractivity contribution in [1.29, 1.82) is 0 Å². The Labute approximate surface area is 369 Å². The maximum Gasteiger partial charge on any atom is 4.00 e. The monoisotopic (exact) mass is 948 g/mol. The summed E-state index contributed by atoms with van der Waals surface area (Å²) in [5, 5.41) is 16.4. The van der Waals surface area contributed by atoms with Crippen molar-refractivity contribution in [1.82, 2.24) is 0 Å². The molecule has 0 spiro atoms. The molecule has 0 saturated carbocycles. The van der Waals surface area contributed by atoms with Gasteiger partial charge in [-0.2, -0.15) is 4.31 Å². The van der Waals surface area contributed by atoms with Gasteiger partial charge in [0, 0.05) is 0 Å². The predicted octanol–water partition coefficient (Wildman–Crippen LogP) is 7.92. The fourth-order valence-electron chi connectivity index (χ4n) is 5.85. The number of aliphatic carboxylic acids is 1. The summed E-state index contributed by atoms with van der Waals surface area (Å²) in [7, 11) is -16.5. The second-order valence-electron chi connectivity index (χ2n) is 14.4. The Balaban J connectivity index is -0.000000442. The summed E-state index contributed by atoms with van der Waals surface area (Å²) in [5.41, 5.74) is 0. The van der Waals surface area contributed by atoms with E-state index in [-0.39, 0.29) is 34.9 Å². The molecule has 0 aromatic carbocycles. The Bertz CT molecular complexity index is 855. The van der Waals surface area contributed by atoms with Gasteiger partial charge in [-0.3, -0.25) is 9.36 Å². The van der Waals surface area contributed by atoms with Gasteiger partial charge >= 0.3 is 29.5 Å². The van der Waals surface area contributed by atoms with Crippen molar-refractivity contribution < 1.29 is 92.9 Å². The molecule has 0 amide bonds. The Morgan fingerprint density at radius 2 is 0.690 bits per heavy atom. The summed E-state index contributed by atoms with van der Waals surface area (Å²) in [6.07, 6.45) is 40.4. The summed E-state index contributed by atoms with van der Waals surface area (Å²) >= 11 is 0. The summed E-state index contributed by atoms with van der Waals surface area (Å²) in [6.45, 7) is 3.83. The minimum atomic E-state index is -5.21. The summed E-state index contributed by atoms with van der Waals surface area (Å²) in [4.78, 5) is 70.2. The number of rotatable bonds is 41. The van der Waals surface area contributed by atoms with Crippen molar-refractivity contribution in [3.8, 4) is 0 Å². The largest absolute Gasteiger partial charge is 4.00 e. The van der Waals surface area contributed by atoms with Crippen LogP contribution in [-0.4, -0.2) is 35.8 Å². The van der Waals surface area contributed by atoms with Gasteiger partial charge < -0.3 is 44.1 Å². The second kappa shape index (κ2) is 50.7. The summed E-state index contributed by atoms with van der Waals surface area (Å²) in [6, 6.07) is 0. The topological polar surface area (TPSA) is 267 Å². The zero-order valence-electron chi connectivity index (χ0n) is 35.8. The summed E-state index contributed by atoms with van der Waals surface area (Å²) < 4.78 is 37.5. The molecule has 0 radical (unpaired) electrons. The van der Waals surface area contributed by atoms with Crippen LogP contribution in [0.25, 0.3) is 0 Å². The molecule has 15 nitrogen and oxygen atoms in total. The maximum atomic E-state index is 11.0. The third-order valence-corrected chi connectivity index (χ3v) is 12.8. The fourth-order valence-corrected chi connectivity index (χ4v) is 8.38. The van der Waals surface area contributed by atoms with E-state index in [1.165, 1.54) is 167 Å². The number of hydrogen-bond acceptors (Lipinski definition) is 13. The summed E-state index contributed by atoms with van der Waals surface area (Å²) in [5.74, 6) is -1.30. The van der Waals surface area contributed by atoms with Crippen LogP contribution in [0, 0.1) is 0 Å². The predicted molar refractivity (Wildman–Crippen MR) is 220 cm³/mol. The van der Waals surface area contributed by atoms with E-state index in [0.717, 1.165) is 25.7 Å². The van der Waals surface area contributed by atoms with E-state index in [1.807, 2.05) is 0 Å². The first-order valence-corrected chi connectivity index (χ1v) is 27.2. The van der Waals surface area contributed by atoms with Gasteiger partial charge in [-0.15, -0.1) is 4.31 Å². The number of carbonyl (C=O) groups is 1. The zero-order valence-corrected chi connectivity index (χ0v) is 41.2. The molecule has 20 heteroatoms. The normalized spacial score (nSPS) is 13.3. The molecule has 3 unspecified atom stereocenters. The number of phosphoric acid groups is 2. The molecule has 0 saturated heterocycles. The van der Waals surface area contributed by atoms with Crippen LogP contribution in [0.4, 0.5) is 0 Å². The number of carboxylic acids is 1. The molecular formula is C38H80O15P4Ti. The second-order valence-corrected chi connectivity index (χ2v) is 19.3. The van der Waals surface area contributed by atoms with Gasteiger partial charge in [-0.25, -0.2) is 9.05 Å². The molecule has 3 atom stereocenters. The van der Waals surface area contributed by atoms with E-state index in [0.29, 0.717) is 12.8 Å². The third kappa shape index (κ3) is 68.8. The van der Waals surface area contributed by atoms with Crippen molar-refractivity contribution in [2.75, 3.05) is 19.8 Å².